The van der Waals surface area contributed by atoms with E-state index >= 15 is 0 Å². The smallest absolute Gasteiger partial charge is 0.301 e. The van der Waals surface area contributed by atoms with E-state index in [0.717, 1.165) is 11.6 Å². The molecule has 1 N–H and O–H groups in total. The van der Waals surface area contributed by atoms with Crippen LogP contribution in [0.5, 0.6) is 0 Å². The summed E-state index contributed by atoms with van der Waals surface area (Å²) in [6.07, 6.45) is 0.506. The van der Waals surface area contributed by atoms with Crippen molar-refractivity contribution in [2.45, 2.75) is 13.3 Å². The molecule has 26 heavy (non-hydrogen) atoms. The zero-order valence-corrected chi connectivity index (χ0v) is 14.1. The maximum atomic E-state index is 11.2. The van der Waals surface area contributed by atoms with E-state index in [1.54, 1.807) is 0 Å². The molecule has 0 spiro atoms. The molecule has 0 aliphatic rings. The first-order valence-corrected chi connectivity index (χ1v) is 7.91. The van der Waals surface area contributed by atoms with Gasteiger partial charge in [-0.3, -0.25) is 25.7 Å². The van der Waals surface area contributed by atoms with Crippen LogP contribution in [0.3, 0.4) is 0 Å². The van der Waals surface area contributed by atoms with Crippen LogP contribution in [0, 0.1) is 20.2 Å². The van der Waals surface area contributed by atoms with E-state index < -0.39 is 15.5 Å². The molecule has 0 atom stereocenters. The van der Waals surface area contributed by atoms with Crippen molar-refractivity contribution in [1.29, 1.82) is 0 Å². The van der Waals surface area contributed by atoms with Gasteiger partial charge in [0.2, 0.25) is 0 Å². The van der Waals surface area contributed by atoms with Crippen molar-refractivity contribution < 1.29 is 14.6 Å². The molecular formula is C17H18N4O5. The summed E-state index contributed by atoms with van der Waals surface area (Å²) in [5.41, 5.74) is 3.47. The predicted molar refractivity (Wildman–Crippen MR) is 97.5 cm³/mol. The number of hydrogen-bond acceptors (Lipinski definition) is 7. The Hall–Kier alpha value is -3.33. The highest BCUT2D eigenvalue weighted by molar-refractivity contribution is 6.01. The van der Waals surface area contributed by atoms with Gasteiger partial charge >= 0.3 is 5.69 Å². The second-order valence-electron chi connectivity index (χ2n) is 5.20. The third kappa shape index (κ3) is 5.08. The lowest BCUT2D eigenvalue weighted by Gasteiger charge is -2.09. The number of hydrogen-bond donors (Lipinski definition) is 1. The van der Waals surface area contributed by atoms with Gasteiger partial charge < -0.3 is 4.74 Å². The van der Waals surface area contributed by atoms with Crippen molar-refractivity contribution in [1.82, 2.24) is 0 Å². The van der Waals surface area contributed by atoms with E-state index in [0.29, 0.717) is 25.3 Å². The van der Waals surface area contributed by atoms with Crippen molar-refractivity contribution in [3.8, 4) is 0 Å². The van der Waals surface area contributed by atoms with Crippen LogP contribution in [-0.4, -0.2) is 28.8 Å². The molecular weight excluding hydrogens is 340 g/mol. The quantitative estimate of drug-likeness (QED) is 0.315. The number of nitrogens with zero attached hydrogens (tertiary/aromatic N) is 3. The largest absolute Gasteiger partial charge is 0.381 e. The van der Waals surface area contributed by atoms with Gasteiger partial charge in [-0.15, -0.1) is 0 Å². The lowest BCUT2D eigenvalue weighted by atomic mass is 10.1. The lowest BCUT2D eigenvalue weighted by molar-refractivity contribution is -0.393. The fraction of sp³-hybridized carbons (Fsp3) is 0.235. The fourth-order valence-electron chi connectivity index (χ4n) is 2.22. The Balaban J connectivity index is 2.30. The van der Waals surface area contributed by atoms with Crippen LogP contribution in [-0.2, 0) is 4.74 Å². The van der Waals surface area contributed by atoms with Crippen molar-refractivity contribution in [3.05, 3.63) is 74.3 Å². The maximum absolute atomic E-state index is 11.2. The van der Waals surface area contributed by atoms with Crippen LogP contribution in [0.2, 0.25) is 0 Å². The fourth-order valence-corrected chi connectivity index (χ4v) is 2.22. The monoisotopic (exact) mass is 358 g/mol. The molecule has 9 heteroatoms. The summed E-state index contributed by atoms with van der Waals surface area (Å²) in [5, 5.41) is 26.3. The first-order chi connectivity index (χ1) is 12.5. The van der Waals surface area contributed by atoms with Crippen LogP contribution in [0.4, 0.5) is 17.1 Å². The molecule has 2 rings (SSSR count). The van der Waals surface area contributed by atoms with Gasteiger partial charge in [-0.05, 0) is 18.6 Å². The Labute approximate surface area is 149 Å². The number of nitro benzene ring substituents is 2. The average molecular weight is 358 g/mol. The molecule has 0 fully saturated rings. The van der Waals surface area contributed by atoms with Crippen LogP contribution in [0.25, 0.3) is 0 Å². The molecule has 0 saturated heterocycles. The minimum Gasteiger partial charge on any atom is -0.381 e. The molecule has 9 nitrogen and oxygen atoms in total. The molecule has 2 aromatic carbocycles. The molecule has 0 aliphatic carbocycles. The number of non-ortho nitro benzene ring substituents is 1. The molecule has 0 aliphatic heterocycles. The van der Waals surface area contributed by atoms with Crippen molar-refractivity contribution in [2.75, 3.05) is 18.6 Å². The first kappa shape index (κ1) is 19.0. The van der Waals surface area contributed by atoms with E-state index in [1.165, 1.54) is 12.1 Å². The summed E-state index contributed by atoms with van der Waals surface area (Å²) in [5.74, 6) is 0. The summed E-state index contributed by atoms with van der Waals surface area (Å²) < 4.78 is 5.35. The SMILES string of the molecule is CCOCC/C(=N/Nc1ccc([N+](=O)[O-])cc1[N+](=O)[O-])c1ccccc1. The van der Waals surface area contributed by atoms with Crippen molar-refractivity contribution in [3.63, 3.8) is 0 Å². The highest BCUT2D eigenvalue weighted by Crippen LogP contribution is 2.29. The van der Waals surface area contributed by atoms with Gasteiger partial charge in [-0.25, -0.2) is 0 Å². The van der Waals surface area contributed by atoms with E-state index in [9.17, 15) is 20.2 Å². The Kier molecular flexibility index (Phi) is 6.75. The summed E-state index contributed by atoms with van der Waals surface area (Å²) in [4.78, 5) is 20.6. The number of anilines is 1. The van der Waals surface area contributed by atoms with Crippen LogP contribution in [0.15, 0.2) is 53.6 Å². The Bertz CT molecular complexity index is 808. The number of ether oxygens (including phenoxy) is 1. The van der Waals surface area contributed by atoms with Crippen molar-refractivity contribution in [2.24, 2.45) is 5.10 Å². The molecule has 0 unspecified atom stereocenters. The van der Waals surface area contributed by atoms with E-state index in [-0.39, 0.29) is 11.4 Å². The topological polar surface area (TPSA) is 120 Å². The molecule has 0 radical (unpaired) electrons. The molecule has 0 amide bonds. The summed E-state index contributed by atoms with van der Waals surface area (Å²) in [6.45, 7) is 2.91. The van der Waals surface area contributed by atoms with Gasteiger partial charge in [0.15, 0.2) is 0 Å². The Morgan fingerprint density at radius 1 is 1.12 bits per heavy atom. The molecule has 136 valence electrons. The van der Waals surface area contributed by atoms with E-state index in [4.69, 9.17) is 4.74 Å². The number of rotatable bonds is 9. The maximum Gasteiger partial charge on any atom is 0.301 e. The highest BCUT2D eigenvalue weighted by atomic mass is 16.6. The third-order valence-electron chi connectivity index (χ3n) is 3.49. The minimum atomic E-state index is -0.687. The minimum absolute atomic E-state index is 0.0745. The number of nitrogens with one attached hydrogen (secondary N) is 1. The molecule has 0 heterocycles. The molecule has 0 saturated carbocycles. The van der Waals surface area contributed by atoms with Gasteiger partial charge in [-0.1, -0.05) is 30.3 Å². The van der Waals surface area contributed by atoms with Gasteiger partial charge in [0, 0.05) is 19.1 Å². The third-order valence-corrected chi connectivity index (χ3v) is 3.49. The van der Waals surface area contributed by atoms with E-state index in [2.05, 4.69) is 10.5 Å². The lowest BCUT2D eigenvalue weighted by Crippen LogP contribution is -2.09. The second kappa shape index (κ2) is 9.23. The summed E-state index contributed by atoms with van der Waals surface area (Å²) in [7, 11) is 0. The number of benzene rings is 2. The van der Waals surface area contributed by atoms with Gasteiger partial charge in [-0.2, -0.15) is 5.10 Å². The normalized spacial score (nSPS) is 11.2. The number of hydrazone groups is 1. The molecule has 0 aromatic heterocycles. The second-order valence-corrected chi connectivity index (χ2v) is 5.20. The van der Waals surface area contributed by atoms with Gasteiger partial charge in [0.25, 0.3) is 5.69 Å². The molecule has 2 aromatic rings. The number of nitro groups is 2. The van der Waals surface area contributed by atoms with Gasteiger partial charge in [0.05, 0.1) is 28.2 Å². The van der Waals surface area contributed by atoms with E-state index in [1.807, 2.05) is 37.3 Å². The average Bonchev–Trinajstić information content (AvgIpc) is 2.65. The Morgan fingerprint density at radius 3 is 2.46 bits per heavy atom. The zero-order valence-electron chi connectivity index (χ0n) is 14.1. The highest BCUT2D eigenvalue weighted by Gasteiger charge is 2.19. The van der Waals surface area contributed by atoms with Crippen LogP contribution < -0.4 is 5.43 Å². The summed E-state index contributed by atoms with van der Waals surface area (Å²) in [6, 6.07) is 12.7. The van der Waals surface area contributed by atoms with Crippen LogP contribution in [0.1, 0.15) is 18.9 Å². The van der Waals surface area contributed by atoms with Gasteiger partial charge in [0.1, 0.15) is 5.69 Å². The Morgan fingerprint density at radius 2 is 1.85 bits per heavy atom. The zero-order chi connectivity index (χ0) is 18.9. The standard InChI is InChI=1S/C17H18N4O5/c1-2-26-11-10-15(13-6-4-3-5-7-13)18-19-16-9-8-14(20(22)23)12-17(16)21(24)25/h3-9,12,19H,2,10-11H2,1H3/b18-15-. The summed E-state index contributed by atoms with van der Waals surface area (Å²) >= 11 is 0. The molecule has 0 bridgehead atoms. The predicted octanol–water partition coefficient (Wildman–Crippen LogP) is 3.75. The van der Waals surface area contributed by atoms with Crippen LogP contribution >= 0.6 is 0 Å². The van der Waals surface area contributed by atoms with Crippen molar-refractivity contribution >= 4 is 22.8 Å². The first-order valence-electron chi connectivity index (χ1n) is 7.91.